The van der Waals surface area contributed by atoms with Gasteiger partial charge >= 0.3 is 6.03 Å². The SMILES string of the molecule is O=C(Nc1cnc(C2CC2)nc1)N1CCOC(c2ccc(Cl)c(Cl)c2)C1. The number of morpholine rings is 1. The molecule has 4 rings (SSSR count). The molecule has 1 unspecified atom stereocenters. The van der Waals surface area contributed by atoms with Gasteiger partial charge in [-0.1, -0.05) is 29.3 Å². The number of carbonyl (C=O) groups is 1. The number of benzene rings is 1. The number of hydrogen-bond donors (Lipinski definition) is 1. The number of hydrogen-bond acceptors (Lipinski definition) is 4. The fourth-order valence-electron chi connectivity index (χ4n) is 2.91. The summed E-state index contributed by atoms with van der Waals surface area (Å²) in [5.74, 6) is 1.35. The van der Waals surface area contributed by atoms with Gasteiger partial charge < -0.3 is 15.0 Å². The smallest absolute Gasteiger partial charge is 0.322 e. The number of halogens is 2. The summed E-state index contributed by atoms with van der Waals surface area (Å²) in [6.07, 6.45) is 5.38. The van der Waals surface area contributed by atoms with Crippen LogP contribution in [0.2, 0.25) is 10.0 Å². The fraction of sp³-hybridized carbons (Fsp3) is 0.389. The number of anilines is 1. The van der Waals surface area contributed by atoms with E-state index in [2.05, 4.69) is 15.3 Å². The van der Waals surface area contributed by atoms with Crippen molar-refractivity contribution in [3.8, 4) is 0 Å². The van der Waals surface area contributed by atoms with Crippen molar-refractivity contribution in [2.45, 2.75) is 24.9 Å². The van der Waals surface area contributed by atoms with Gasteiger partial charge in [-0.25, -0.2) is 14.8 Å². The summed E-state index contributed by atoms with van der Waals surface area (Å²) < 4.78 is 5.79. The molecule has 1 N–H and O–H groups in total. The maximum atomic E-state index is 12.6. The van der Waals surface area contributed by atoms with Gasteiger partial charge in [0, 0.05) is 12.5 Å². The number of carbonyl (C=O) groups excluding carboxylic acids is 1. The topological polar surface area (TPSA) is 67.4 Å². The van der Waals surface area contributed by atoms with Gasteiger partial charge in [0.2, 0.25) is 0 Å². The van der Waals surface area contributed by atoms with Gasteiger partial charge in [0.25, 0.3) is 0 Å². The van der Waals surface area contributed by atoms with Crippen molar-refractivity contribution in [2.24, 2.45) is 0 Å². The second-order valence-electron chi connectivity index (χ2n) is 6.51. The predicted molar refractivity (Wildman–Crippen MR) is 99.8 cm³/mol. The third-order valence-corrected chi connectivity index (χ3v) is 5.27. The van der Waals surface area contributed by atoms with Crippen molar-refractivity contribution in [2.75, 3.05) is 25.0 Å². The molecule has 1 saturated heterocycles. The minimum atomic E-state index is -0.238. The van der Waals surface area contributed by atoms with Crippen LogP contribution in [0.5, 0.6) is 0 Å². The first-order valence-corrected chi connectivity index (χ1v) is 9.30. The van der Waals surface area contributed by atoms with Crippen LogP contribution in [0.15, 0.2) is 30.6 Å². The first kappa shape index (κ1) is 17.5. The van der Waals surface area contributed by atoms with Gasteiger partial charge in [0.15, 0.2) is 0 Å². The van der Waals surface area contributed by atoms with E-state index in [9.17, 15) is 4.79 Å². The van der Waals surface area contributed by atoms with E-state index < -0.39 is 0 Å². The average Bonchev–Trinajstić information content (AvgIpc) is 3.50. The molecule has 1 aromatic carbocycles. The highest BCUT2D eigenvalue weighted by Gasteiger charge is 2.27. The molecule has 2 aromatic rings. The highest BCUT2D eigenvalue weighted by atomic mass is 35.5. The Kier molecular flexibility index (Phi) is 4.98. The van der Waals surface area contributed by atoms with Crippen LogP contribution in [0.25, 0.3) is 0 Å². The summed E-state index contributed by atoms with van der Waals surface area (Å²) in [6.45, 7) is 1.41. The number of nitrogens with zero attached hydrogens (tertiary/aromatic N) is 3. The zero-order chi connectivity index (χ0) is 18.1. The molecular weight excluding hydrogens is 375 g/mol. The van der Waals surface area contributed by atoms with E-state index in [0.717, 1.165) is 24.2 Å². The van der Waals surface area contributed by atoms with Crippen molar-refractivity contribution in [3.05, 3.63) is 52.0 Å². The Labute approximate surface area is 161 Å². The summed E-state index contributed by atoms with van der Waals surface area (Å²) in [5, 5.41) is 3.82. The van der Waals surface area contributed by atoms with Crippen LogP contribution in [-0.4, -0.2) is 40.6 Å². The molecule has 0 radical (unpaired) electrons. The lowest BCUT2D eigenvalue weighted by molar-refractivity contribution is -0.0135. The van der Waals surface area contributed by atoms with Crippen LogP contribution in [0.3, 0.4) is 0 Å². The maximum Gasteiger partial charge on any atom is 0.322 e. The van der Waals surface area contributed by atoms with E-state index in [1.165, 1.54) is 0 Å². The van der Waals surface area contributed by atoms with Gasteiger partial charge in [0.05, 0.1) is 41.3 Å². The molecule has 8 heteroatoms. The Bertz CT molecular complexity index is 811. The third kappa shape index (κ3) is 3.92. The second-order valence-corrected chi connectivity index (χ2v) is 7.33. The Morgan fingerprint density at radius 3 is 2.65 bits per heavy atom. The van der Waals surface area contributed by atoms with E-state index in [-0.39, 0.29) is 12.1 Å². The molecule has 26 heavy (non-hydrogen) atoms. The molecule has 2 heterocycles. The standard InChI is InChI=1S/C18H18Cl2N4O2/c19-14-4-3-12(7-15(14)20)16-10-24(5-6-26-16)18(25)23-13-8-21-17(22-9-13)11-1-2-11/h3-4,7-9,11,16H,1-2,5-6,10H2,(H,23,25). The van der Waals surface area contributed by atoms with Crippen LogP contribution in [0, 0.1) is 0 Å². The molecule has 1 aliphatic heterocycles. The summed E-state index contributed by atoms with van der Waals surface area (Å²) in [6, 6.07) is 5.19. The molecule has 0 spiro atoms. The quantitative estimate of drug-likeness (QED) is 0.846. The molecule has 2 fully saturated rings. The number of aromatic nitrogens is 2. The van der Waals surface area contributed by atoms with Crippen LogP contribution < -0.4 is 5.32 Å². The molecule has 1 aromatic heterocycles. The van der Waals surface area contributed by atoms with Gasteiger partial charge in [-0.3, -0.25) is 0 Å². The summed E-state index contributed by atoms with van der Waals surface area (Å²) in [7, 11) is 0. The average molecular weight is 393 g/mol. The number of nitrogens with one attached hydrogen (secondary N) is 1. The van der Waals surface area contributed by atoms with Crippen molar-refractivity contribution in [3.63, 3.8) is 0 Å². The molecule has 2 aliphatic rings. The largest absolute Gasteiger partial charge is 0.370 e. The van der Waals surface area contributed by atoms with E-state index in [4.69, 9.17) is 27.9 Å². The molecular formula is C18H18Cl2N4O2. The Morgan fingerprint density at radius 1 is 1.19 bits per heavy atom. The fourth-order valence-corrected chi connectivity index (χ4v) is 3.21. The third-order valence-electron chi connectivity index (χ3n) is 4.53. The monoisotopic (exact) mass is 392 g/mol. The van der Waals surface area contributed by atoms with Crippen LogP contribution >= 0.6 is 23.2 Å². The van der Waals surface area contributed by atoms with Crippen LogP contribution in [0.1, 0.15) is 36.3 Å². The first-order chi connectivity index (χ1) is 12.6. The zero-order valence-electron chi connectivity index (χ0n) is 14.0. The zero-order valence-corrected chi connectivity index (χ0v) is 15.5. The van der Waals surface area contributed by atoms with Gasteiger partial charge in [-0.05, 0) is 30.5 Å². The highest BCUT2D eigenvalue weighted by Crippen LogP contribution is 2.37. The molecule has 2 amide bonds. The van der Waals surface area contributed by atoms with E-state index in [0.29, 0.717) is 41.3 Å². The second kappa shape index (κ2) is 7.39. The van der Waals surface area contributed by atoms with Crippen molar-refractivity contribution >= 4 is 34.9 Å². The number of urea groups is 1. The summed E-state index contributed by atoms with van der Waals surface area (Å²) in [4.78, 5) is 22.9. The van der Waals surface area contributed by atoms with Crippen molar-refractivity contribution in [1.82, 2.24) is 14.9 Å². The molecule has 1 saturated carbocycles. The van der Waals surface area contributed by atoms with E-state index in [1.807, 2.05) is 6.07 Å². The van der Waals surface area contributed by atoms with Crippen LogP contribution in [0.4, 0.5) is 10.5 Å². The minimum absolute atomic E-state index is 0.193. The summed E-state index contributed by atoms with van der Waals surface area (Å²) >= 11 is 12.0. The maximum absolute atomic E-state index is 12.6. The van der Waals surface area contributed by atoms with Crippen molar-refractivity contribution in [1.29, 1.82) is 0 Å². The minimum Gasteiger partial charge on any atom is -0.370 e. The molecule has 136 valence electrons. The Balaban J connectivity index is 1.40. The Morgan fingerprint density at radius 2 is 1.96 bits per heavy atom. The summed E-state index contributed by atoms with van der Waals surface area (Å²) in [5.41, 5.74) is 1.49. The lowest BCUT2D eigenvalue weighted by Gasteiger charge is -2.33. The number of amides is 2. The predicted octanol–water partition coefficient (Wildman–Crippen LogP) is 4.27. The van der Waals surface area contributed by atoms with Gasteiger partial charge in [-0.15, -0.1) is 0 Å². The molecule has 1 aliphatic carbocycles. The normalized spacial score (nSPS) is 20.1. The van der Waals surface area contributed by atoms with E-state index in [1.54, 1.807) is 29.4 Å². The Hall–Kier alpha value is -1.89. The number of rotatable bonds is 3. The van der Waals surface area contributed by atoms with Gasteiger partial charge in [-0.2, -0.15) is 0 Å². The van der Waals surface area contributed by atoms with Crippen molar-refractivity contribution < 1.29 is 9.53 Å². The molecule has 0 bridgehead atoms. The van der Waals surface area contributed by atoms with Crippen LogP contribution in [-0.2, 0) is 4.74 Å². The lowest BCUT2D eigenvalue weighted by Crippen LogP contribution is -2.44. The first-order valence-electron chi connectivity index (χ1n) is 8.54. The molecule has 1 atom stereocenters. The highest BCUT2D eigenvalue weighted by molar-refractivity contribution is 6.42. The van der Waals surface area contributed by atoms with E-state index >= 15 is 0 Å². The number of ether oxygens (including phenoxy) is 1. The van der Waals surface area contributed by atoms with Gasteiger partial charge in [0.1, 0.15) is 11.9 Å². The lowest BCUT2D eigenvalue weighted by atomic mass is 10.1. The molecule has 6 nitrogen and oxygen atoms in total.